The molecular weight excluding hydrogens is 280 g/mol. The minimum atomic E-state index is -1.13. The molecule has 0 aromatic heterocycles. The summed E-state index contributed by atoms with van der Waals surface area (Å²) in [7, 11) is 1.63. The predicted molar refractivity (Wildman–Crippen MR) is 82.5 cm³/mol. The first-order chi connectivity index (χ1) is 10.6. The van der Waals surface area contributed by atoms with Crippen molar-refractivity contribution in [2.45, 2.75) is 24.3 Å². The summed E-state index contributed by atoms with van der Waals surface area (Å²) in [4.78, 5) is 0. The third-order valence-electron chi connectivity index (χ3n) is 4.41. The molecule has 2 aromatic carbocycles. The van der Waals surface area contributed by atoms with Crippen molar-refractivity contribution in [1.82, 2.24) is 5.01 Å². The lowest BCUT2D eigenvalue weighted by Gasteiger charge is -2.30. The molecule has 0 saturated carbocycles. The largest absolute Gasteiger partial charge is 0.611 e. The molecule has 0 bridgehead atoms. The first kappa shape index (κ1) is 15.1. The van der Waals surface area contributed by atoms with E-state index < -0.39 is 24.3 Å². The van der Waals surface area contributed by atoms with Crippen LogP contribution in [0.3, 0.4) is 0 Å². The molecule has 1 saturated heterocycles. The van der Waals surface area contributed by atoms with E-state index in [2.05, 4.69) is 0 Å². The molecule has 5 unspecified atom stereocenters. The summed E-state index contributed by atoms with van der Waals surface area (Å²) in [5.41, 5.74) is 1.59. The molecule has 1 fully saturated rings. The van der Waals surface area contributed by atoms with Gasteiger partial charge in [0.15, 0.2) is 0 Å². The van der Waals surface area contributed by atoms with E-state index in [0.717, 1.165) is 11.1 Å². The van der Waals surface area contributed by atoms with Crippen molar-refractivity contribution in [1.29, 1.82) is 0 Å². The van der Waals surface area contributed by atoms with Crippen LogP contribution in [-0.2, 0) is 0 Å². The van der Waals surface area contributed by atoms with Crippen LogP contribution in [0.25, 0.3) is 0 Å². The fraction of sp³-hybridized carbons (Fsp3) is 0.294. The Morgan fingerprint density at radius 2 is 1.59 bits per heavy atom. The zero-order valence-corrected chi connectivity index (χ0v) is 12.3. The van der Waals surface area contributed by atoms with E-state index in [4.69, 9.17) is 0 Å². The van der Waals surface area contributed by atoms with E-state index >= 15 is 0 Å². The van der Waals surface area contributed by atoms with Gasteiger partial charge in [-0.25, -0.2) is 0 Å². The van der Waals surface area contributed by atoms with Gasteiger partial charge >= 0.3 is 0 Å². The second-order valence-corrected chi connectivity index (χ2v) is 5.68. The van der Waals surface area contributed by atoms with Gasteiger partial charge in [0.25, 0.3) is 0 Å². The third-order valence-corrected chi connectivity index (χ3v) is 4.41. The highest BCUT2D eigenvalue weighted by molar-refractivity contribution is 5.26. The van der Waals surface area contributed by atoms with Gasteiger partial charge in [0.1, 0.15) is 12.1 Å². The monoisotopic (exact) mass is 300 g/mol. The average Bonchev–Trinajstić information content (AvgIpc) is 2.80. The van der Waals surface area contributed by atoms with Crippen LogP contribution in [-0.4, -0.2) is 34.5 Å². The second-order valence-electron chi connectivity index (χ2n) is 5.68. The number of likely N-dealkylation sites (N-methyl/N-ethyl adjacent to an activating group) is 1. The average molecular weight is 300 g/mol. The van der Waals surface area contributed by atoms with Gasteiger partial charge in [-0.05, 0) is 11.1 Å². The Morgan fingerprint density at radius 3 is 2.18 bits per heavy atom. The zero-order chi connectivity index (χ0) is 15.7. The third kappa shape index (κ3) is 2.54. The van der Waals surface area contributed by atoms with Crippen molar-refractivity contribution >= 4 is 0 Å². The maximum absolute atomic E-state index is 12.2. The number of hydrogen-bond acceptors (Lipinski definition) is 4. The van der Waals surface area contributed by atoms with E-state index in [1.165, 1.54) is 5.01 Å². The molecular formula is C17H20N2O3. The Labute approximate surface area is 129 Å². The highest BCUT2D eigenvalue weighted by Gasteiger charge is 2.50. The lowest BCUT2D eigenvalue weighted by molar-refractivity contribution is -0.996. The van der Waals surface area contributed by atoms with Gasteiger partial charge in [-0.2, -0.15) is 5.01 Å². The minimum absolute atomic E-state index is 0.353. The molecule has 0 spiro atoms. The fourth-order valence-corrected chi connectivity index (χ4v) is 3.25. The van der Waals surface area contributed by atoms with Crippen LogP contribution >= 0.6 is 0 Å². The Morgan fingerprint density at radius 1 is 1.05 bits per heavy atom. The van der Waals surface area contributed by atoms with Crippen LogP contribution in [0.1, 0.15) is 23.1 Å². The number of quaternary nitrogens is 1. The number of aliphatic hydroxyl groups is 2. The molecule has 0 amide bonds. The van der Waals surface area contributed by atoms with Crippen LogP contribution in [0.15, 0.2) is 60.7 Å². The van der Waals surface area contributed by atoms with Gasteiger partial charge in [-0.3, -0.25) is 5.17 Å². The highest BCUT2D eigenvalue weighted by atomic mass is 16.6. The highest BCUT2D eigenvalue weighted by Crippen LogP contribution is 2.35. The second kappa shape index (κ2) is 6.16. The summed E-state index contributed by atoms with van der Waals surface area (Å²) in [6, 6.07) is 18.1. The molecule has 5 nitrogen and oxygen atoms in total. The van der Waals surface area contributed by atoms with Crippen LogP contribution in [0.5, 0.6) is 0 Å². The van der Waals surface area contributed by atoms with Crippen molar-refractivity contribution in [2.75, 3.05) is 7.05 Å². The number of hydroxylamine groups is 1. The van der Waals surface area contributed by atoms with Crippen molar-refractivity contribution in [2.24, 2.45) is 0 Å². The molecule has 0 aliphatic carbocycles. The van der Waals surface area contributed by atoms with Gasteiger partial charge in [0, 0.05) is 7.05 Å². The van der Waals surface area contributed by atoms with Crippen LogP contribution in [0.2, 0.25) is 0 Å². The number of aliphatic hydroxyl groups excluding tert-OH is 2. The molecule has 1 aliphatic heterocycles. The normalized spacial score (nSPS) is 30.4. The molecule has 22 heavy (non-hydrogen) atoms. The Kier molecular flexibility index (Phi) is 4.24. The van der Waals surface area contributed by atoms with Crippen LogP contribution in [0, 0.1) is 5.21 Å². The molecule has 3 rings (SSSR count). The smallest absolute Gasteiger partial charge is 0.215 e. The van der Waals surface area contributed by atoms with E-state index in [0.29, 0.717) is 0 Å². The molecule has 1 aliphatic rings. The lowest BCUT2D eigenvalue weighted by Crippen LogP contribution is -3.15. The molecule has 3 N–H and O–H groups in total. The Balaban J connectivity index is 1.99. The van der Waals surface area contributed by atoms with Crippen molar-refractivity contribution in [3.8, 4) is 0 Å². The molecule has 5 heteroatoms. The standard InChI is InChI=1S/C17H20N2O3/c1-18-15(16(20)13-10-6-3-7-11-13)14(17(21)19(18)22)12-8-4-2-5-9-12/h2-11,14-17,19-21H,1H3. The molecule has 2 aromatic rings. The summed E-state index contributed by atoms with van der Waals surface area (Å²) < 4.78 is 0. The molecule has 0 radical (unpaired) electrons. The quantitative estimate of drug-likeness (QED) is 0.719. The number of nitrogens with one attached hydrogen (secondary N) is 1. The summed E-state index contributed by atoms with van der Waals surface area (Å²) in [6.45, 7) is 0. The number of nitrogens with zero attached hydrogens (tertiary/aromatic N) is 1. The van der Waals surface area contributed by atoms with Crippen molar-refractivity contribution in [3.63, 3.8) is 0 Å². The Bertz CT molecular complexity index is 608. The number of benzene rings is 2. The van der Waals surface area contributed by atoms with E-state index in [9.17, 15) is 15.4 Å². The maximum atomic E-state index is 12.2. The molecule has 116 valence electrons. The van der Waals surface area contributed by atoms with Crippen molar-refractivity contribution in [3.05, 3.63) is 77.0 Å². The van der Waals surface area contributed by atoms with E-state index in [1.54, 1.807) is 7.05 Å². The summed E-state index contributed by atoms with van der Waals surface area (Å²) in [6.07, 6.45) is -1.98. The molecule has 1 heterocycles. The first-order valence-corrected chi connectivity index (χ1v) is 7.34. The number of rotatable bonds is 3. The maximum Gasteiger partial charge on any atom is 0.215 e. The Hall–Kier alpha value is -1.76. The van der Waals surface area contributed by atoms with Crippen molar-refractivity contribution < 1.29 is 15.4 Å². The SMILES string of the molecule is CN1C(C(O)c2ccccc2)C(c2ccccc2)C(O)[NH+]1[O-]. The van der Waals surface area contributed by atoms with E-state index in [1.807, 2.05) is 60.7 Å². The summed E-state index contributed by atoms with van der Waals surface area (Å²) >= 11 is 0. The predicted octanol–water partition coefficient (Wildman–Crippen LogP) is 0.434. The van der Waals surface area contributed by atoms with Gasteiger partial charge in [-0.1, -0.05) is 60.7 Å². The van der Waals surface area contributed by atoms with Crippen LogP contribution < -0.4 is 5.17 Å². The summed E-state index contributed by atoms with van der Waals surface area (Å²) in [5, 5.41) is 34.4. The van der Waals surface area contributed by atoms with E-state index in [-0.39, 0.29) is 5.17 Å². The summed E-state index contributed by atoms with van der Waals surface area (Å²) in [5.74, 6) is -0.450. The zero-order valence-electron chi connectivity index (χ0n) is 12.3. The van der Waals surface area contributed by atoms with Crippen LogP contribution in [0.4, 0.5) is 0 Å². The minimum Gasteiger partial charge on any atom is -0.611 e. The van der Waals surface area contributed by atoms with Gasteiger partial charge in [-0.15, -0.1) is 0 Å². The fourth-order valence-electron chi connectivity index (χ4n) is 3.25. The van der Waals surface area contributed by atoms with Gasteiger partial charge < -0.3 is 15.4 Å². The number of hydrogen-bond donors (Lipinski definition) is 3. The van der Waals surface area contributed by atoms with Gasteiger partial charge in [0.05, 0.1) is 5.92 Å². The molecule has 5 atom stereocenters. The van der Waals surface area contributed by atoms with Gasteiger partial charge in [0.2, 0.25) is 6.23 Å². The topological polar surface area (TPSA) is 71.2 Å². The lowest BCUT2D eigenvalue weighted by atomic mass is 9.86. The first-order valence-electron chi connectivity index (χ1n) is 7.34.